The summed E-state index contributed by atoms with van der Waals surface area (Å²) in [5, 5.41) is 15.8. The second-order valence-corrected chi connectivity index (χ2v) is 5.35. The van der Waals surface area contributed by atoms with Gasteiger partial charge in [-0.3, -0.25) is 14.7 Å². The summed E-state index contributed by atoms with van der Waals surface area (Å²) in [6.45, 7) is 1.26. The van der Waals surface area contributed by atoms with Crippen LogP contribution in [0.15, 0.2) is 6.33 Å². The lowest BCUT2D eigenvalue weighted by Gasteiger charge is -2.39. The van der Waals surface area contributed by atoms with E-state index in [4.69, 9.17) is 4.74 Å². The highest BCUT2D eigenvalue weighted by Gasteiger charge is 2.43. The van der Waals surface area contributed by atoms with E-state index in [1.165, 1.54) is 6.33 Å². The molecule has 0 saturated carbocycles. The highest BCUT2D eigenvalue weighted by Crippen LogP contribution is 2.35. The summed E-state index contributed by atoms with van der Waals surface area (Å²) in [4.78, 5) is 29.4. The first-order chi connectivity index (χ1) is 10.1. The molecule has 0 unspecified atom stereocenters. The van der Waals surface area contributed by atoms with Gasteiger partial charge in [-0.1, -0.05) is 0 Å². The van der Waals surface area contributed by atoms with Crippen LogP contribution in [0.3, 0.4) is 0 Å². The Labute approximate surface area is 122 Å². The van der Waals surface area contributed by atoms with E-state index in [0.29, 0.717) is 38.8 Å². The van der Waals surface area contributed by atoms with Crippen LogP contribution in [-0.4, -0.2) is 63.9 Å². The average molecular weight is 296 g/mol. The summed E-state index contributed by atoms with van der Waals surface area (Å²) in [6.07, 6.45) is 3.66. The van der Waals surface area contributed by atoms with E-state index in [9.17, 15) is 14.7 Å². The van der Waals surface area contributed by atoms with Gasteiger partial charge in [0.15, 0.2) is 0 Å². The monoisotopic (exact) mass is 296 g/mol. The van der Waals surface area contributed by atoms with Crippen LogP contribution in [0.4, 0.5) is 0 Å². The summed E-state index contributed by atoms with van der Waals surface area (Å²) in [5.74, 6) is -1.01. The summed E-state index contributed by atoms with van der Waals surface area (Å²) in [7, 11) is 1.59. The van der Waals surface area contributed by atoms with Gasteiger partial charge in [-0.15, -0.1) is 0 Å². The van der Waals surface area contributed by atoms with Crippen LogP contribution in [0.25, 0.3) is 0 Å². The number of ether oxygens (including phenoxy) is 1. The Bertz CT molecular complexity index is 490. The lowest BCUT2D eigenvalue weighted by atomic mass is 9.76. The highest BCUT2D eigenvalue weighted by atomic mass is 16.5. The van der Waals surface area contributed by atoms with Gasteiger partial charge < -0.3 is 14.7 Å². The van der Waals surface area contributed by atoms with Crippen LogP contribution in [0, 0.1) is 5.41 Å². The number of H-pyrrole nitrogens is 1. The fourth-order valence-electron chi connectivity index (χ4n) is 2.80. The number of aliphatic carboxylic acids is 1. The molecule has 0 radical (unpaired) electrons. The van der Waals surface area contributed by atoms with Crippen LogP contribution in [0.1, 0.15) is 36.3 Å². The second kappa shape index (κ2) is 6.66. The minimum absolute atomic E-state index is 0.146. The highest BCUT2D eigenvalue weighted by molar-refractivity contribution is 5.91. The summed E-state index contributed by atoms with van der Waals surface area (Å²) in [5.41, 5.74) is -0.896. The first-order valence-electron chi connectivity index (χ1n) is 6.96. The molecule has 2 rings (SSSR count). The molecule has 21 heavy (non-hydrogen) atoms. The number of aromatic amines is 1. The normalized spacial score (nSPS) is 22.2. The van der Waals surface area contributed by atoms with Crippen molar-refractivity contribution < 1.29 is 19.4 Å². The quantitative estimate of drug-likeness (QED) is 0.742. The van der Waals surface area contributed by atoms with Gasteiger partial charge in [0.2, 0.25) is 5.82 Å². The number of amides is 1. The molecule has 1 aliphatic rings. The van der Waals surface area contributed by atoms with Crippen LogP contribution < -0.4 is 0 Å². The zero-order valence-corrected chi connectivity index (χ0v) is 12.0. The third-order valence-corrected chi connectivity index (χ3v) is 3.94. The summed E-state index contributed by atoms with van der Waals surface area (Å²) in [6, 6.07) is 0. The van der Waals surface area contributed by atoms with E-state index in [0.717, 1.165) is 0 Å². The van der Waals surface area contributed by atoms with Crippen molar-refractivity contribution >= 4 is 11.9 Å². The Morgan fingerprint density at radius 3 is 3.00 bits per heavy atom. The van der Waals surface area contributed by atoms with Crippen LogP contribution in [0.2, 0.25) is 0 Å². The van der Waals surface area contributed by atoms with Gasteiger partial charge >= 0.3 is 5.97 Å². The fraction of sp³-hybridized carbons (Fsp3) is 0.692. The number of carbonyl (C=O) groups excluding carboxylic acids is 1. The molecule has 0 bridgehead atoms. The van der Waals surface area contributed by atoms with Crippen LogP contribution in [-0.2, 0) is 9.53 Å². The minimum atomic E-state index is -0.896. The smallest absolute Gasteiger partial charge is 0.311 e. The summed E-state index contributed by atoms with van der Waals surface area (Å²) >= 11 is 0. The molecule has 2 N–H and O–H groups in total. The van der Waals surface area contributed by atoms with E-state index in [2.05, 4.69) is 15.2 Å². The number of nitrogens with zero attached hydrogens (tertiary/aromatic N) is 3. The predicted octanol–water partition coefficient (Wildman–Crippen LogP) is 0.538. The zero-order chi connectivity index (χ0) is 15.3. The molecular weight excluding hydrogens is 276 g/mol. The maximum Gasteiger partial charge on any atom is 0.311 e. The first-order valence-corrected chi connectivity index (χ1v) is 6.96. The van der Waals surface area contributed by atoms with Crippen molar-refractivity contribution in [2.24, 2.45) is 5.41 Å². The Kier molecular flexibility index (Phi) is 4.89. The number of aromatic nitrogens is 3. The van der Waals surface area contributed by atoms with Crippen molar-refractivity contribution in [3.8, 4) is 0 Å². The number of hydrogen-bond acceptors (Lipinski definition) is 5. The van der Waals surface area contributed by atoms with Crippen molar-refractivity contribution in [1.82, 2.24) is 20.1 Å². The fourth-order valence-corrected chi connectivity index (χ4v) is 2.80. The standard InChI is InChI=1S/C13H20N4O4/c1-21-7-3-5-13(12(19)20)4-2-6-17(8-13)11(18)10-14-9-15-16-10/h9H,2-8H2,1H3,(H,19,20)(H,14,15,16)/t13-/m1/s1. The van der Waals surface area contributed by atoms with Gasteiger partial charge in [0, 0.05) is 26.8 Å². The average Bonchev–Trinajstić information content (AvgIpc) is 3.01. The van der Waals surface area contributed by atoms with Gasteiger partial charge in [-0.05, 0) is 25.7 Å². The van der Waals surface area contributed by atoms with Gasteiger partial charge in [-0.25, -0.2) is 4.98 Å². The Balaban J connectivity index is 2.09. The molecule has 1 saturated heterocycles. The number of nitrogens with one attached hydrogen (secondary N) is 1. The molecule has 8 heteroatoms. The van der Waals surface area contributed by atoms with E-state index in [1.54, 1.807) is 12.0 Å². The van der Waals surface area contributed by atoms with E-state index in [1.807, 2.05) is 0 Å². The number of piperidine rings is 1. The van der Waals surface area contributed by atoms with Crippen molar-refractivity contribution in [2.75, 3.05) is 26.8 Å². The number of carboxylic acids is 1. The third kappa shape index (κ3) is 3.38. The number of carbonyl (C=O) groups is 2. The number of likely N-dealkylation sites (tertiary alicyclic amines) is 1. The molecule has 1 atom stereocenters. The topological polar surface area (TPSA) is 108 Å². The van der Waals surface area contributed by atoms with Crippen LogP contribution >= 0.6 is 0 Å². The van der Waals surface area contributed by atoms with Crippen LogP contribution in [0.5, 0.6) is 0 Å². The first kappa shape index (κ1) is 15.4. The molecule has 8 nitrogen and oxygen atoms in total. The lowest BCUT2D eigenvalue weighted by molar-refractivity contribution is -0.152. The van der Waals surface area contributed by atoms with Gasteiger partial charge in [0.1, 0.15) is 6.33 Å². The maximum atomic E-state index is 12.3. The van der Waals surface area contributed by atoms with Gasteiger partial charge in [0.05, 0.1) is 5.41 Å². The Hall–Kier alpha value is -1.96. The zero-order valence-electron chi connectivity index (χ0n) is 12.0. The van der Waals surface area contributed by atoms with Gasteiger partial charge in [0.25, 0.3) is 5.91 Å². The molecule has 1 fully saturated rings. The van der Waals surface area contributed by atoms with Crippen molar-refractivity contribution in [3.05, 3.63) is 12.2 Å². The van der Waals surface area contributed by atoms with Crippen molar-refractivity contribution in [3.63, 3.8) is 0 Å². The Morgan fingerprint density at radius 1 is 1.57 bits per heavy atom. The molecule has 116 valence electrons. The Morgan fingerprint density at radius 2 is 2.38 bits per heavy atom. The predicted molar refractivity (Wildman–Crippen MR) is 72.7 cm³/mol. The molecule has 1 aliphatic heterocycles. The third-order valence-electron chi connectivity index (χ3n) is 3.94. The lowest BCUT2D eigenvalue weighted by Crippen LogP contribution is -2.50. The largest absolute Gasteiger partial charge is 0.481 e. The van der Waals surface area contributed by atoms with Gasteiger partial charge in [-0.2, -0.15) is 5.10 Å². The summed E-state index contributed by atoms with van der Waals surface area (Å²) < 4.78 is 4.99. The van der Waals surface area contributed by atoms with E-state index >= 15 is 0 Å². The molecule has 0 spiro atoms. The van der Waals surface area contributed by atoms with Crippen molar-refractivity contribution in [2.45, 2.75) is 25.7 Å². The number of hydrogen-bond donors (Lipinski definition) is 2. The number of rotatable bonds is 6. The molecule has 0 aromatic carbocycles. The number of carboxylic acid groups (broad SMARTS) is 1. The maximum absolute atomic E-state index is 12.3. The van der Waals surface area contributed by atoms with Crippen molar-refractivity contribution in [1.29, 1.82) is 0 Å². The SMILES string of the molecule is COCCC[C@]1(C(=O)O)CCCN(C(=O)c2ncn[nH]2)C1. The second-order valence-electron chi connectivity index (χ2n) is 5.35. The molecule has 1 aromatic rings. The van der Waals surface area contributed by atoms with E-state index < -0.39 is 11.4 Å². The molecular formula is C13H20N4O4. The molecule has 1 amide bonds. The minimum Gasteiger partial charge on any atom is -0.481 e. The number of methoxy groups -OCH3 is 1. The molecule has 2 heterocycles. The molecule has 1 aromatic heterocycles. The van der Waals surface area contributed by atoms with E-state index in [-0.39, 0.29) is 18.3 Å². The molecule has 0 aliphatic carbocycles.